The fraction of sp³-hybridized carbons (Fsp3) is 0.125. The number of aryl methyl sites for hydroxylation is 1. The maximum atomic E-state index is 13.3. The lowest BCUT2D eigenvalue weighted by Gasteiger charge is -2.12. The van der Waals surface area contributed by atoms with Gasteiger partial charge in [-0.15, -0.1) is 0 Å². The first-order chi connectivity index (χ1) is 15.0. The van der Waals surface area contributed by atoms with Crippen molar-refractivity contribution in [1.29, 1.82) is 0 Å². The summed E-state index contributed by atoms with van der Waals surface area (Å²) in [6, 6.07) is 18.4. The Balaban J connectivity index is 1.79. The van der Waals surface area contributed by atoms with Gasteiger partial charge in [0.2, 0.25) is 11.2 Å². The molecule has 0 bridgehead atoms. The van der Waals surface area contributed by atoms with Gasteiger partial charge in [0.25, 0.3) is 5.69 Å². The highest BCUT2D eigenvalue weighted by Crippen LogP contribution is 2.32. The molecule has 156 valence electrons. The smallest absolute Gasteiger partial charge is 0.269 e. The molecule has 0 saturated carbocycles. The van der Waals surface area contributed by atoms with E-state index in [1.54, 1.807) is 42.5 Å². The molecule has 0 aliphatic heterocycles. The standard InChI is InChI=1S/C24H18ClNO5/c1-2-15-5-12-21-20(13-15)22(27)24(23(31-21)17-6-8-18(25)9-7-17)30-14-16-3-10-19(11-4-16)26(28)29/h3-13H,2,14H2,1H3. The third kappa shape index (κ3) is 4.29. The van der Waals surface area contributed by atoms with Crippen molar-refractivity contribution < 1.29 is 14.1 Å². The van der Waals surface area contributed by atoms with Crippen LogP contribution in [-0.2, 0) is 13.0 Å². The number of non-ortho nitro benzene ring substituents is 1. The van der Waals surface area contributed by atoms with Gasteiger partial charge in [-0.05, 0) is 66.1 Å². The lowest BCUT2D eigenvalue weighted by atomic mass is 10.1. The van der Waals surface area contributed by atoms with E-state index < -0.39 is 4.92 Å². The van der Waals surface area contributed by atoms with Crippen LogP contribution >= 0.6 is 11.6 Å². The molecule has 4 aromatic rings. The zero-order chi connectivity index (χ0) is 22.0. The average molecular weight is 436 g/mol. The predicted molar refractivity (Wildman–Crippen MR) is 120 cm³/mol. The van der Waals surface area contributed by atoms with E-state index in [1.165, 1.54) is 12.1 Å². The number of nitro groups is 1. The molecule has 0 N–H and O–H groups in total. The topological polar surface area (TPSA) is 82.6 Å². The molecular formula is C24H18ClNO5. The van der Waals surface area contributed by atoms with Crippen molar-refractivity contribution in [2.75, 3.05) is 0 Å². The molecule has 0 radical (unpaired) electrons. The van der Waals surface area contributed by atoms with Gasteiger partial charge in [0.1, 0.15) is 12.2 Å². The van der Waals surface area contributed by atoms with Gasteiger partial charge in [0.15, 0.2) is 5.76 Å². The Kier molecular flexibility index (Phi) is 5.73. The molecule has 7 heteroatoms. The summed E-state index contributed by atoms with van der Waals surface area (Å²) in [6.07, 6.45) is 0.785. The summed E-state index contributed by atoms with van der Waals surface area (Å²) in [7, 11) is 0. The lowest BCUT2D eigenvalue weighted by Crippen LogP contribution is -2.10. The van der Waals surface area contributed by atoms with Crippen LogP contribution in [0.15, 0.2) is 75.9 Å². The van der Waals surface area contributed by atoms with Crippen LogP contribution in [0, 0.1) is 10.1 Å². The number of hydrogen-bond acceptors (Lipinski definition) is 5. The SMILES string of the molecule is CCc1ccc2oc(-c3ccc(Cl)cc3)c(OCc3ccc([N+](=O)[O-])cc3)c(=O)c2c1. The largest absolute Gasteiger partial charge is 0.481 e. The molecule has 0 saturated heterocycles. The molecule has 0 amide bonds. The predicted octanol–water partition coefficient (Wildman–Crippen LogP) is 6.16. The molecular weight excluding hydrogens is 418 g/mol. The monoisotopic (exact) mass is 435 g/mol. The van der Waals surface area contributed by atoms with Crippen LogP contribution in [0.3, 0.4) is 0 Å². The minimum absolute atomic E-state index is 0.0112. The maximum absolute atomic E-state index is 13.3. The van der Waals surface area contributed by atoms with Crippen molar-refractivity contribution in [2.45, 2.75) is 20.0 Å². The van der Waals surface area contributed by atoms with E-state index in [1.807, 2.05) is 19.1 Å². The molecule has 31 heavy (non-hydrogen) atoms. The lowest BCUT2D eigenvalue weighted by molar-refractivity contribution is -0.384. The quantitative estimate of drug-likeness (QED) is 0.267. The van der Waals surface area contributed by atoms with Gasteiger partial charge in [-0.2, -0.15) is 0 Å². The fourth-order valence-electron chi connectivity index (χ4n) is 3.24. The Morgan fingerprint density at radius 2 is 1.68 bits per heavy atom. The fourth-order valence-corrected chi connectivity index (χ4v) is 3.36. The summed E-state index contributed by atoms with van der Waals surface area (Å²) in [4.78, 5) is 23.7. The number of rotatable bonds is 6. The normalized spacial score (nSPS) is 10.9. The van der Waals surface area contributed by atoms with Crippen molar-refractivity contribution >= 4 is 28.3 Å². The Bertz CT molecular complexity index is 1310. The van der Waals surface area contributed by atoms with Crippen molar-refractivity contribution in [3.63, 3.8) is 0 Å². The van der Waals surface area contributed by atoms with Gasteiger partial charge in [-0.25, -0.2) is 0 Å². The van der Waals surface area contributed by atoms with Crippen LogP contribution < -0.4 is 10.2 Å². The number of nitrogens with zero attached hydrogens (tertiary/aromatic N) is 1. The van der Waals surface area contributed by atoms with Gasteiger partial charge >= 0.3 is 0 Å². The third-order valence-corrected chi connectivity index (χ3v) is 5.21. The van der Waals surface area contributed by atoms with Crippen LogP contribution in [-0.4, -0.2) is 4.92 Å². The van der Waals surface area contributed by atoms with E-state index in [-0.39, 0.29) is 23.5 Å². The Morgan fingerprint density at radius 1 is 1.00 bits per heavy atom. The molecule has 4 rings (SSSR count). The summed E-state index contributed by atoms with van der Waals surface area (Å²) in [5.41, 5.74) is 2.54. The van der Waals surface area contributed by atoms with E-state index in [2.05, 4.69) is 0 Å². The summed E-state index contributed by atoms with van der Waals surface area (Å²) >= 11 is 6.00. The van der Waals surface area contributed by atoms with E-state index in [9.17, 15) is 14.9 Å². The van der Waals surface area contributed by atoms with Crippen molar-refractivity contribution in [1.82, 2.24) is 0 Å². The summed E-state index contributed by atoms with van der Waals surface area (Å²) < 4.78 is 12.0. The molecule has 0 fully saturated rings. The highest BCUT2D eigenvalue weighted by molar-refractivity contribution is 6.30. The molecule has 0 spiro atoms. The highest BCUT2D eigenvalue weighted by atomic mass is 35.5. The molecule has 0 aliphatic rings. The third-order valence-electron chi connectivity index (χ3n) is 4.96. The highest BCUT2D eigenvalue weighted by Gasteiger charge is 2.18. The minimum atomic E-state index is -0.466. The Labute approximate surface area is 182 Å². The van der Waals surface area contributed by atoms with Crippen LogP contribution in [0.2, 0.25) is 5.02 Å². The number of halogens is 1. The number of nitro benzene ring substituents is 1. The average Bonchev–Trinajstić information content (AvgIpc) is 2.79. The summed E-state index contributed by atoms with van der Waals surface area (Å²) in [5, 5.41) is 11.9. The zero-order valence-electron chi connectivity index (χ0n) is 16.6. The molecule has 1 aromatic heterocycles. The Morgan fingerprint density at radius 3 is 2.32 bits per heavy atom. The van der Waals surface area contributed by atoms with E-state index in [4.69, 9.17) is 20.8 Å². The second-order valence-electron chi connectivity index (χ2n) is 6.99. The van der Waals surface area contributed by atoms with Crippen molar-refractivity contribution in [3.05, 3.63) is 103 Å². The van der Waals surface area contributed by atoms with Gasteiger partial charge in [0.05, 0.1) is 10.3 Å². The maximum Gasteiger partial charge on any atom is 0.269 e. The second-order valence-corrected chi connectivity index (χ2v) is 7.43. The number of benzene rings is 3. The van der Waals surface area contributed by atoms with Crippen LogP contribution in [0.5, 0.6) is 5.75 Å². The Hall–Kier alpha value is -3.64. The number of ether oxygens (including phenoxy) is 1. The van der Waals surface area contributed by atoms with Gasteiger partial charge in [0, 0.05) is 22.7 Å². The van der Waals surface area contributed by atoms with Crippen molar-refractivity contribution in [3.8, 4) is 17.1 Å². The van der Waals surface area contributed by atoms with Gasteiger partial charge in [-0.1, -0.05) is 24.6 Å². The molecule has 1 heterocycles. The van der Waals surface area contributed by atoms with Crippen LogP contribution in [0.4, 0.5) is 5.69 Å². The summed E-state index contributed by atoms with van der Waals surface area (Å²) in [6.45, 7) is 2.07. The van der Waals surface area contributed by atoms with Gasteiger partial charge < -0.3 is 9.15 Å². The van der Waals surface area contributed by atoms with E-state index >= 15 is 0 Å². The number of fused-ring (bicyclic) bond motifs is 1. The first-order valence-corrected chi connectivity index (χ1v) is 10.1. The first kappa shape index (κ1) is 20.6. The number of hydrogen-bond donors (Lipinski definition) is 0. The second kappa shape index (κ2) is 8.62. The van der Waals surface area contributed by atoms with Crippen LogP contribution in [0.25, 0.3) is 22.3 Å². The van der Waals surface area contributed by atoms with Crippen LogP contribution in [0.1, 0.15) is 18.1 Å². The van der Waals surface area contributed by atoms with E-state index in [0.717, 1.165) is 12.0 Å². The molecule has 0 aliphatic carbocycles. The molecule has 0 atom stereocenters. The summed E-state index contributed by atoms with van der Waals surface area (Å²) in [5.74, 6) is 0.391. The molecule has 3 aromatic carbocycles. The molecule has 0 unspecified atom stereocenters. The minimum Gasteiger partial charge on any atom is -0.481 e. The first-order valence-electron chi connectivity index (χ1n) is 9.68. The zero-order valence-corrected chi connectivity index (χ0v) is 17.4. The van der Waals surface area contributed by atoms with Crippen molar-refractivity contribution in [2.24, 2.45) is 0 Å². The molecule has 6 nitrogen and oxygen atoms in total. The van der Waals surface area contributed by atoms with E-state index in [0.29, 0.717) is 32.9 Å². The van der Waals surface area contributed by atoms with Gasteiger partial charge in [-0.3, -0.25) is 14.9 Å².